The molecule has 0 heterocycles. The maximum atomic E-state index is 11.1. The second kappa shape index (κ2) is 6.40. The molecule has 0 aromatic heterocycles. The van der Waals surface area contributed by atoms with Gasteiger partial charge in [0.2, 0.25) is 0 Å². The van der Waals surface area contributed by atoms with Crippen LogP contribution in [-0.2, 0) is 6.42 Å². The van der Waals surface area contributed by atoms with Gasteiger partial charge in [0.05, 0.1) is 11.7 Å². The molecule has 100 valence electrons. The molecule has 1 aromatic rings. The number of aliphatic hydroxyl groups excluding tert-OH is 1. The van der Waals surface area contributed by atoms with Crippen molar-refractivity contribution in [2.45, 2.75) is 39.2 Å². The van der Waals surface area contributed by atoms with Crippen LogP contribution in [0.1, 0.15) is 42.6 Å². The van der Waals surface area contributed by atoms with E-state index < -0.39 is 5.97 Å². The molecule has 1 rings (SSSR count). The Hall–Kier alpha value is -1.55. The first-order valence-corrected chi connectivity index (χ1v) is 6.25. The Morgan fingerprint density at radius 3 is 2.61 bits per heavy atom. The third-order valence-corrected chi connectivity index (χ3v) is 3.35. The molecule has 4 heteroatoms. The Morgan fingerprint density at radius 2 is 2.11 bits per heavy atom. The minimum Gasteiger partial charge on any atom is -0.478 e. The van der Waals surface area contributed by atoms with Gasteiger partial charge >= 0.3 is 5.97 Å². The third kappa shape index (κ3) is 3.74. The lowest BCUT2D eigenvalue weighted by Crippen LogP contribution is -2.17. The average molecular weight is 251 g/mol. The Balaban J connectivity index is 2.83. The van der Waals surface area contributed by atoms with Crippen molar-refractivity contribution in [1.82, 2.24) is 0 Å². The quantitative estimate of drug-likeness (QED) is 0.677. The van der Waals surface area contributed by atoms with E-state index in [2.05, 4.69) is 0 Å². The van der Waals surface area contributed by atoms with Crippen molar-refractivity contribution in [3.63, 3.8) is 0 Å². The molecule has 0 amide bonds. The summed E-state index contributed by atoms with van der Waals surface area (Å²) in [6, 6.07) is 4.84. The van der Waals surface area contributed by atoms with Gasteiger partial charge in [0.15, 0.2) is 0 Å². The van der Waals surface area contributed by atoms with Gasteiger partial charge in [0.25, 0.3) is 0 Å². The summed E-state index contributed by atoms with van der Waals surface area (Å²) >= 11 is 0. The van der Waals surface area contributed by atoms with Crippen molar-refractivity contribution in [2.75, 3.05) is 5.73 Å². The van der Waals surface area contributed by atoms with Gasteiger partial charge < -0.3 is 15.9 Å². The first-order chi connectivity index (χ1) is 8.45. The van der Waals surface area contributed by atoms with Crippen LogP contribution in [0.3, 0.4) is 0 Å². The summed E-state index contributed by atoms with van der Waals surface area (Å²) in [7, 11) is 0. The van der Waals surface area contributed by atoms with Crippen LogP contribution in [-0.4, -0.2) is 22.3 Å². The predicted molar refractivity (Wildman–Crippen MR) is 71.6 cm³/mol. The van der Waals surface area contributed by atoms with Gasteiger partial charge in [-0.1, -0.05) is 13.3 Å². The molecule has 0 spiro atoms. The molecule has 2 atom stereocenters. The van der Waals surface area contributed by atoms with Crippen LogP contribution in [0.25, 0.3) is 0 Å². The summed E-state index contributed by atoms with van der Waals surface area (Å²) in [5.41, 5.74) is 7.29. The van der Waals surface area contributed by atoms with Crippen LogP contribution in [0.5, 0.6) is 0 Å². The normalized spacial score (nSPS) is 14.2. The number of nitrogen functional groups attached to an aromatic ring is 1. The zero-order chi connectivity index (χ0) is 13.7. The summed E-state index contributed by atoms with van der Waals surface area (Å²) < 4.78 is 0. The van der Waals surface area contributed by atoms with E-state index in [4.69, 9.17) is 10.8 Å². The maximum absolute atomic E-state index is 11.1. The molecule has 0 radical (unpaired) electrons. The summed E-state index contributed by atoms with van der Waals surface area (Å²) in [4.78, 5) is 11.1. The monoisotopic (exact) mass is 251 g/mol. The van der Waals surface area contributed by atoms with Gasteiger partial charge in [-0.25, -0.2) is 4.79 Å². The maximum Gasteiger partial charge on any atom is 0.335 e. The molecule has 0 saturated carbocycles. The molecule has 0 bridgehead atoms. The van der Waals surface area contributed by atoms with Crippen molar-refractivity contribution in [2.24, 2.45) is 5.92 Å². The molecule has 0 saturated heterocycles. The molecule has 1 aromatic carbocycles. The first kappa shape index (κ1) is 14.5. The van der Waals surface area contributed by atoms with Gasteiger partial charge in [-0.05, 0) is 49.4 Å². The standard InChI is InChI=1S/C14H21NO3/c1-3-10(9(2)16)4-5-11-8-12(15)6-7-13(11)14(17)18/h6-10,16H,3-5,15H2,1-2H3,(H,17,18). The summed E-state index contributed by atoms with van der Waals surface area (Å²) in [6.07, 6.45) is 1.89. The van der Waals surface area contributed by atoms with Gasteiger partial charge in [0.1, 0.15) is 0 Å². The number of aryl methyl sites for hydroxylation is 1. The molecule has 4 N–H and O–H groups in total. The minimum atomic E-state index is -0.935. The van der Waals surface area contributed by atoms with E-state index in [-0.39, 0.29) is 12.0 Å². The highest BCUT2D eigenvalue weighted by atomic mass is 16.4. The van der Waals surface area contributed by atoms with E-state index in [1.54, 1.807) is 19.1 Å². The number of benzene rings is 1. The lowest BCUT2D eigenvalue weighted by molar-refractivity contribution is 0.0695. The number of carboxylic acids is 1. The molecule has 2 unspecified atom stereocenters. The fourth-order valence-corrected chi connectivity index (χ4v) is 2.16. The van der Waals surface area contributed by atoms with E-state index in [1.165, 1.54) is 6.07 Å². The lowest BCUT2D eigenvalue weighted by atomic mass is 9.91. The van der Waals surface area contributed by atoms with Crippen molar-refractivity contribution in [3.8, 4) is 0 Å². The number of hydrogen-bond donors (Lipinski definition) is 3. The topological polar surface area (TPSA) is 83.6 Å². The van der Waals surface area contributed by atoms with Gasteiger partial charge in [0, 0.05) is 5.69 Å². The van der Waals surface area contributed by atoms with E-state index >= 15 is 0 Å². The van der Waals surface area contributed by atoms with Crippen LogP contribution < -0.4 is 5.73 Å². The third-order valence-electron chi connectivity index (χ3n) is 3.35. The molecule has 0 aliphatic rings. The molecule has 0 aliphatic heterocycles. The van der Waals surface area contributed by atoms with E-state index in [9.17, 15) is 9.90 Å². The zero-order valence-electron chi connectivity index (χ0n) is 10.9. The van der Waals surface area contributed by atoms with Gasteiger partial charge in [-0.3, -0.25) is 0 Å². The molecule has 4 nitrogen and oxygen atoms in total. The molecule has 0 fully saturated rings. The molecular formula is C14H21NO3. The summed E-state index contributed by atoms with van der Waals surface area (Å²) in [5.74, 6) is -0.747. The average Bonchev–Trinajstić information content (AvgIpc) is 2.29. The number of aromatic carboxylic acids is 1. The fraction of sp³-hybridized carbons (Fsp3) is 0.500. The number of nitrogens with two attached hydrogens (primary N) is 1. The van der Waals surface area contributed by atoms with Crippen molar-refractivity contribution < 1.29 is 15.0 Å². The van der Waals surface area contributed by atoms with Crippen LogP contribution in [0, 0.1) is 5.92 Å². The zero-order valence-corrected chi connectivity index (χ0v) is 10.9. The lowest BCUT2D eigenvalue weighted by Gasteiger charge is -2.18. The first-order valence-electron chi connectivity index (χ1n) is 6.25. The van der Waals surface area contributed by atoms with E-state index in [0.29, 0.717) is 17.7 Å². The smallest absolute Gasteiger partial charge is 0.335 e. The van der Waals surface area contributed by atoms with Gasteiger partial charge in [-0.2, -0.15) is 0 Å². The summed E-state index contributed by atoms with van der Waals surface area (Å²) in [6.45, 7) is 3.79. The van der Waals surface area contributed by atoms with Crippen LogP contribution in [0.15, 0.2) is 18.2 Å². The van der Waals surface area contributed by atoms with E-state index in [0.717, 1.165) is 18.4 Å². The van der Waals surface area contributed by atoms with Crippen LogP contribution in [0.4, 0.5) is 5.69 Å². The second-order valence-corrected chi connectivity index (χ2v) is 4.67. The second-order valence-electron chi connectivity index (χ2n) is 4.67. The Kier molecular flexibility index (Phi) is 5.16. The number of carbonyl (C=O) groups is 1. The van der Waals surface area contributed by atoms with Crippen molar-refractivity contribution in [1.29, 1.82) is 0 Å². The highest BCUT2D eigenvalue weighted by Gasteiger charge is 2.15. The number of anilines is 1. The Labute approximate surface area is 107 Å². The summed E-state index contributed by atoms with van der Waals surface area (Å²) in [5, 5.41) is 18.7. The SMILES string of the molecule is CCC(CCc1cc(N)ccc1C(=O)O)C(C)O. The van der Waals surface area contributed by atoms with Crippen molar-refractivity contribution >= 4 is 11.7 Å². The Bertz CT molecular complexity index is 416. The van der Waals surface area contributed by atoms with Crippen LogP contribution in [0.2, 0.25) is 0 Å². The largest absolute Gasteiger partial charge is 0.478 e. The van der Waals surface area contributed by atoms with Crippen molar-refractivity contribution in [3.05, 3.63) is 29.3 Å². The molecule has 0 aliphatic carbocycles. The number of aliphatic hydroxyl groups is 1. The number of hydrogen-bond acceptors (Lipinski definition) is 3. The predicted octanol–water partition coefficient (Wildman–Crippen LogP) is 2.31. The highest BCUT2D eigenvalue weighted by molar-refractivity contribution is 5.89. The minimum absolute atomic E-state index is 0.188. The number of rotatable bonds is 6. The highest BCUT2D eigenvalue weighted by Crippen LogP contribution is 2.21. The van der Waals surface area contributed by atoms with Gasteiger partial charge in [-0.15, -0.1) is 0 Å². The number of carboxylic acid groups (broad SMARTS) is 1. The fourth-order valence-electron chi connectivity index (χ4n) is 2.16. The molecular weight excluding hydrogens is 230 g/mol. The molecule has 18 heavy (non-hydrogen) atoms. The van der Waals surface area contributed by atoms with E-state index in [1.807, 2.05) is 6.92 Å². The van der Waals surface area contributed by atoms with Crippen LogP contribution >= 0.6 is 0 Å². The Morgan fingerprint density at radius 1 is 1.44 bits per heavy atom.